The average molecular weight is 441 g/mol. The molecule has 6 nitrogen and oxygen atoms in total. The molecule has 0 radical (unpaired) electrons. The Balaban J connectivity index is 2.63. The summed E-state index contributed by atoms with van der Waals surface area (Å²) in [6.07, 6.45) is -5.05. The van der Waals surface area contributed by atoms with Crippen molar-refractivity contribution < 1.29 is 36.8 Å². The number of amides is 2. The zero-order valence-corrected chi connectivity index (χ0v) is 18.7. The van der Waals surface area contributed by atoms with Gasteiger partial charge in [-0.2, -0.15) is 13.2 Å². The molecule has 1 aliphatic rings. The van der Waals surface area contributed by atoms with Crippen LogP contribution in [0.3, 0.4) is 0 Å². The smallest absolute Gasteiger partial charge is 0.443 e. The number of benzene rings is 1. The van der Waals surface area contributed by atoms with E-state index < -0.39 is 47.7 Å². The average Bonchev–Trinajstić information content (AvgIpc) is 2.80. The molecule has 1 aliphatic heterocycles. The topological polar surface area (TPSA) is 65.1 Å². The fourth-order valence-corrected chi connectivity index (χ4v) is 2.76. The normalized spacial score (nSPS) is 17.9. The van der Waals surface area contributed by atoms with E-state index in [2.05, 4.69) is 6.58 Å². The Kier molecular flexibility index (Phi) is 6.42. The molecule has 0 N–H and O–H groups in total. The van der Waals surface area contributed by atoms with Crippen molar-refractivity contribution in [1.82, 2.24) is 0 Å². The van der Waals surface area contributed by atoms with Crippen molar-refractivity contribution in [2.75, 3.05) is 4.90 Å². The van der Waals surface area contributed by atoms with Crippen molar-refractivity contribution >= 4 is 30.3 Å². The molecular formula is C21H27BF3NO5. The predicted molar refractivity (Wildman–Crippen MR) is 111 cm³/mol. The Labute approximate surface area is 180 Å². The third-order valence-electron chi connectivity index (χ3n) is 5.02. The number of carbonyl (C=O) groups excluding carboxylic acids is 2. The second-order valence-corrected chi connectivity index (χ2v) is 9.26. The summed E-state index contributed by atoms with van der Waals surface area (Å²) < 4.78 is 57.8. The van der Waals surface area contributed by atoms with Crippen LogP contribution in [0.4, 0.5) is 23.7 Å². The van der Waals surface area contributed by atoms with Gasteiger partial charge in [-0.25, -0.2) is 9.69 Å². The van der Waals surface area contributed by atoms with Gasteiger partial charge >= 0.3 is 19.4 Å². The summed E-state index contributed by atoms with van der Waals surface area (Å²) in [6.45, 7) is 15.1. The SMILES string of the molecule is C=CC(=O)N(C(=O)OC(C)(C)C)c1cc(B2OC(C)(C)C(C)(C)O2)cc(C(F)(F)F)c1. The molecule has 0 saturated carbocycles. The number of alkyl halides is 3. The fraction of sp³-hybridized carbons (Fsp3) is 0.524. The Bertz CT molecular complexity index is 874. The lowest BCUT2D eigenvalue weighted by molar-refractivity contribution is -0.137. The molecule has 1 aromatic rings. The third kappa shape index (κ3) is 5.48. The van der Waals surface area contributed by atoms with Gasteiger partial charge in [0.2, 0.25) is 0 Å². The maximum absolute atomic E-state index is 13.6. The van der Waals surface area contributed by atoms with Crippen LogP contribution in [-0.2, 0) is 25.0 Å². The van der Waals surface area contributed by atoms with Gasteiger partial charge in [0.15, 0.2) is 0 Å². The molecule has 31 heavy (non-hydrogen) atoms. The standard InChI is InChI=1S/C21H27BF3NO5/c1-9-16(27)26(17(28)29-18(2,3)4)15-11-13(21(23,24)25)10-14(12-15)22-30-19(5,6)20(7,8)31-22/h9-12H,1H2,2-8H3. The van der Waals surface area contributed by atoms with Crippen LogP contribution in [-0.4, -0.2) is 35.9 Å². The molecule has 170 valence electrons. The Morgan fingerprint density at radius 3 is 2.00 bits per heavy atom. The Hall–Kier alpha value is -2.33. The van der Waals surface area contributed by atoms with Gasteiger partial charge in [0.25, 0.3) is 5.91 Å². The summed E-state index contributed by atoms with van der Waals surface area (Å²) in [5, 5.41) is 0. The van der Waals surface area contributed by atoms with Crippen LogP contribution in [0.5, 0.6) is 0 Å². The highest BCUT2D eigenvalue weighted by atomic mass is 19.4. The van der Waals surface area contributed by atoms with Gasteiger partial charge in [-0.15, -0.1) is 0 Å². The molecule has 1 heterocycles. The maximum Gasteiger partial charge on any atom is 0.494 e. The molecule has 0 spiro atoms. The first kappa shape index (κ1) is 24.9. The second-order valence-electron chi connectivity index (χ2n) is 9.26. The van der Waals surface area contributed by atoms with Crippen molar-refractivity contribution in [2.45, 2.75) is 71.4 Å². The summed E-state index contributed by atoms with van der Waals surface area (Å²) in [6, 6.07) is 2.81. The monoisotopic (exact) mass is 441 g/mol. The molecule has 1 aromatic carbocycles. The number of anilines is 1. The maximum atomic E-state index is 13.6. The zero-order valence-electron chi connectivity index (χ0n) is 18.7. The van der Waals surface area contributed by atoms with Crippen LogP contribution < -0.4 is 10.4 Å². The number of halogens is 3. The van der Waals surface area contributed by atoms with Crippen molar-refractivity contribution in [3.8, 4) is 0 Å². The first-order valence-corrected chi connectivity index (χ1v) is 9.65. The van der Waals surface area contributed by atoms with Gasteiger partial charge in [0.1, 0.15) is 5.60 Å². The number of rotatable bonds is 3. The molecule has 2 amide bonds. The van der Waals surface area contributed by atoms with E-state index in [-0.39, 0.29) is 11.2 Å². The summed E-state index contributed by atoms with van der Waals surface area (Å²) in [5.74, 6) is -0.937. The highest BCUT2D eigenvalue weighted by molar-refractivity contribution is 6.62. The fourth-order valence-electron chi connectivity index (χ4n) is 2.76. The van der Waals surface area contributed by atoms with Crippen LogP contribution in [0.25, 0.3) is 0 Å². The minimum atomic E-state index is -4.74. The van der Waals surface area contributed by atoms with Gasteiger partial charge in [-0.3, -0.25) is 4.79 Å². The largest absolute Gasteiger partial charge is 0.494 e. The zero-order chi connectivity index (χ0) is 24.0. The van der Waals surface area contributed by atoms with Crippen molar-refractivity contribution in [3.05, 3.63) is 36.4 Å². The van der Waals surface area contributed by atoms with E-state index in [9.17, 15) is 22.8 Å². The second kappa shape index (κ2) is 7.98. The van der Waals surface area contributed by atoms with E-state index in [1.165, 1.54) is 6.07 Å². The minimum absolute atomic E-state index is 0.00824. The molecule has 2 rings (SSSR count). The number of imide groups is 1. The van der Waals surface area contributed by atoms with E-state index >= 15 is 0 Å². The van der Waals surface area contributed by atoms with Gasteiger partial charge in [0, 0.05) is 0 Å². The van der Waals surface area contributed by atoms with E-state index in [0.29, 0.717) is 11.0 Å². The molecule has 1 fully saturated rings. The van der Waals surface area contributed by atoms with Crippen molar-refractivity contribution in [3.63, 3.8) is 0 Å². The molecular weight excluding hydrogens is 414 g/mol. The first-order valence-electron chi connectivity index (χ1n) is 9.65. The molecule has 0 aromatic heterocycles. The molecule has 10 heteroatoms. The summed E-state index contributed by atoms with van der Waals surface area (Å²) in [7, 11) is -1.13. The van der Waals surface area contributed by atoms with Gasteiger partial charge < -0.3 is 14.0 Å². The quantitative estimate of drug-likeness (QED) is 0.512. The molecule has 0 atom stereocenters. The highest BCUT2D eigenvalue weighted by Gasteiger charge is 2.52. The van der Waals surface area contributed by atoms with Crippen LogP contribution in [0.2, 0.25) is 0 Å². The first-order chi connectivity index (χ1) is 13.9. The lowest BCUT2D eigenvalue weighted by Gasteiger charge is -2.32. The lowest BCUT2D eigenvalue weighted by Crippen LogP contribution is -2.42. The van der Waals surface area contributed by atoms with E-state index in [0.717, 1.165) is 12.1 Å². The third-order valence-corrected chi connectivity index (χ3v) is 5.02. The summed E-state index contributed by atoms with van der Waals surface area (Å²) >= 11 is 0. The summed E-state index contributed by atoms with van der Waals surface area (Å²) in [4.78, 5) is 25.6. The molecule has 0 unspecified atom stereocenters. The van der Waals surface area contributed by atoms with Crippen LogP contribution >= 0.6 is 0 Å². The van der Waals surface area contributed by atoms with Crippen LogP contribution in [0.1, 0.15) is 54.0 Å². The number of hydrogen-bond acceptors (Lipinski definition) is 5. The molecule has 0 bridgehead atoms. The molecule has 0 aliphatic carbocycles. The Morgan fingerprint density at radius 1 is 1.06 bits per heavy atom. The number of ether oxygens (including phenoxy) is 1. The van der Waals surface area contributed by atoms with Crippen molar-refractivity contribution in [1.29, 1.82) is 0 Å². The molecule has 1 saturated heterocycles. The number of hydrogen-bond donors (Lipinski definition) is 0. The number of nitrogens with zero attached hydrogens (tertiary/aromatic N) is 1. The summed E-state index contributed by atoms with van der Waals surface area (Å²) in [5.41, 5.74) is -3.97. The van der Waals surface area contributed by atoms with Crippen molar-refractivity contribution in [2.24, 2.45) is 0 Å². The van der Waals surface area contributed by atoms with E-state index in [1.807, 2.05) is 0 Å². The van der Waals surface area contributed by atoms with Crippen LogP contribution in [0, 0.1) is 0 Å². The lowest BCUT2D eigenvalue weighted by atomic mass is 9.78. The van der Waals surface area contributed by atoms with E-state index in [4.69, 9.17) is 14.0 Å². The number of carbonyl (C=O) groups is 2. The van der Waals surface area contributed by atoms with E-state index in [1.54, 1.807) is 48.5 Å². The van der Waals surface area contributed by atoms with Crippen LogP contribution in [0.15, 0.2) is 30.9 Å². The van der Waals surface area contributed by atoms with Gasteiger partial charge in [-0.05, 0) is 72.1 Å². The van der Waals surface area contributed by atoms with Gasteiger partial charge in [-0.1, -0.05) is 12.6 Å². The van der Waals surface area contributed by atoms with Gasteiger partial charge in [0.05, 0.1) is 22.5 Å². The Morgan fingerprint density at radius 2 is 1.58 bits per heavy atom. The minimum Gasteiger partial charge on any atom is -0.443 e. The predicted octanol–water partition coefficient (Wildman–Crippen LogP) is 4.46. The highest BCUT2D eigenvalue weighted by Crippen LogP contribution is 2.38.